The van der Waals surface area contributed by atoms with Crippen LogP contribution in [0.1, 0.15) is 38.2 Å². The predicted molar refractivity (Wildman–Crippen MR) is 123 cm³/mol. The molecule has 1 saturated carbocycles. The van der Waals surface area contributed by atoms with Gasteiger partial charge in [0.2, 0.25) is 5.91 Å². The fraction of sp³-hybridized carbons (Fsp3) is 0.652. The summed E-state index contributed by atoms with van der Waals surface area (Å²) in [6.45, 7) is 8.16. The van der Waals surface area contributed by atoms with Crippen LogP contribution in [0.2, 0.25) is 0 Å². The van der Waals surface area contributed by atoms with Gasteiger partial charge in [0.05, 0.1) is 14.2 Å². The molecule has 0 unspecified atom stereocenters. The summed E-state index contributed by atoms with van der Waals surface area (Å²) in [6, 6.07) is 6.37. The van der Waals surface area contributed by atoms with Crippen molar-refractivity contribution in [1.29, 1.82) is 0 Å². The molecule has 31 heavy (non-hydrogen) atoms. The number of rotatable bonds is 10. The van der Waals surface area contributed by atoms with Crippen LogP contribution in [-0.4, -0.2) is 81.2 Å². The first-order valence-corrected chi connectivity index (χ1v) is 11.4. The zero-order chi connectivity index (χ0) is 22.1. The van der Waals surface area contributed by atoms with Crippen LogP contribution in [0.4, 0.5) is 0 Å². The summed E-state index contributed by atoms with van der Waals surface area (Å²) >= 11 is 0. The zero-order valence-corrected chi connectivity index (χ0v) is 19.2. The molecule has 1 aliphatic carbocycles. The Balaban J connectivity index is 1.47. The second-order valence-electron chi connectivity index (χ2n) is 8.12. The molecule has 0 bridgehead atoms. The summed E-state index contributed by atoms with van der Waals surface area (Å²) in [5, 5.41) is 6.44. The van der Waals surface area contributed by atoms with E-state index in [1.54, 1.807) is 14.2 Å². The highest BCUT2D eigenvalue weighted by atomic mass is 16.5. The van der Waals surface area contributed by atoms with Crippen molar-refractivity contribution < 1.29 is 14.3 Å². The number of nitrogens with one attached hydrogen (secondary N) is 2. The Labute approximate surface area is 186 Å². The van der Waals surface area contributed by atoms with Crippen molar-refractivity contribution in [2.45, 2.75) is 45.2 Å². The lowest BCUT2D eigenvalue weighted by atomic mass is 10.1. The molecule has 0 radical (unpaired) electrons. The molecule has 8 heteroatoms. The minimum Gasteiger partial charge on any atom is -0.497 e. The molecule has 0 aromatic heterocycles. The number of hydrogen-bond donors (Lipinski definition) is 2. The van der Waals surface area contributed by atoms with Gasteiger partial charge in [0.25, 0.3) is 0 Å². The molecule has 1 aromatic carbocycles. The van der Waals surface area contributed by atoms with Crippen molar-refractivity contribution in [3.05, 3.63) is 23.8 Å². The average Bonchev–Trinajstić information content (AvgIpc) is 3.60. The van der Waals surface area contributed by atoms with Gasteiger partial charge >= 0.3 is 0 Å². The fourth-order valence-electron chi connectivity index (χ4n) is 3.74. The highest BCUT2D eigenvalue weighted by Crippen LogP contribution is 2.25. The third kappa shape index (κ3) is 7.31. The average molecular weight is 432 g/mol. The molecule has 1 saturated heterocycles. The molecule has 0 atom stereocenters. The molecular formula is C23H37N5O3. The van der Waals surface area contributed by atoms with Crippen molar-refractivity contribution >= 4 is 11.9 Å². The summed E-state index contributed by atoms with van der Waals surface area (Å²) in [7, 11) is 3.39. The van der Waals surface area contributed by atoms with Gasteiger partial charge in [-0.25, -0.2) is 0 Å². The van der Waals surface area contributed by atoms with Crippen LogP contribution in [-0.2, 0) is 11.3 Å². The van der Waals surface area contributed by atoms with E-state index < -0.39 is 0 Å². The molecule has 1 aliphatic heterocycles. The van der Waals surface area contributed by atoms with Crippen LogP contribution in [0, 0.1) is 0 Å². The van der Waals surface area contributed by atoms with Gasteiger partial charge in [-0.05, 0) is 44.4 Å². The highest BCUT2D eigenvalue weighted by molar-refractivity contribution is 5.80. The molecule has 1 aromatic rings. The van der Waals surface area contributed by atoms with Gasteiger partial charge in [-0.15, -0.1) is 0 Å². The number of aliphatic imine (C=N–C) groups is 1. The van der Waals surface area contributed by atoms with Gasteiger partial charge in [0.1, 0.15) is 11.5 Å². The number of carbonyl (C=O) groups is 1. The Morgan fingerprint density at radius 3 is 2.58 bits per heavy atom. The molecule has 0 spiro atoms. The van der Waals surface area contributed by atoms with E-state index in [1.165, 1.54) is 0 Å². The molecule has 1 amide bonds. The Hall–Kier alpha value is -2.48. The van der Waals surface area contributed by atoms with Crippen molar-refractivity contribution in [2.75, 3.05) is 53.5 Å². The number of piperazine rings is 1. The molecule has 2 N–H and O–H groups in total. The van der Waals surface area contributed by atoms with Crippen LogP contribution in [0.5, 0.6) is 11.5 Å². The second kappa shape index (κ2) is 11.8. The van der Waals surface area contributed by atoms with E-state index in [-0.39, 0.29) is 5.91 Å². The first-order chi connectivity index (χ1) is 15.1. The van der Waals surface area contributed by atoms with E-state index >= 15 is 0 Å². The van der Waals surface area contributed by atoms with Gasteiger partial charge in [0.15, 0.2) is 5.96 Å². The number of methoxy groups -OCH3 is 2. The summed E-state index contributed by atoms with van der Waals surface area (Å²) in [5.41, 5.74) is 1.14. The summed E-state index contributed by atoms with van der Waals surface area (Å²) in [5.74, 6) is 2.85. The lowest BCUT2D eigenvalue weighted by Gasteiger charge is -2.36. The number of nitrogens with zero attached hydrogens (tertiary/aromatic N) is 3. The standard InChI is InChI=1S/C23H37N5O3/c1-4-24-23(25-11-5-6-22(29)26-19-7-8-19)28-14-12-27(13-15-28)17-18-16-20(30-2)9-10-21(18)31-3/h9-10,16,19H,4-8,11-15,17H2,1-3H3,(H,24,25)(H,26,29). The molecule has 8 nitrogen and oxygen atoms in total. The highest BCUT2D eigenvalue weighted by Gasteiger charge is 2.23. The summed E-state index contributed by atoms with van der Waals surface area (Å²) in [6.07, 6.45) is 3.59. The third-order valence-electron chi connectivity index (χ3n) is 5.65. The number of benzene rings is 1. The van der Waals surface area contributed by atoms with Gasteiger partial charge in [-0.3, -0.25) is 14.7 Å². The van der Waals surface area contributed by atoms with E-state index in [1.807, 2.05) is 12.1 Å². The van der Waals surface area contributed by atoms with Crippen LogP contribution in [0.3, 0.4) is 0 Å². The number of carbonyl (C=O) groups excluding carboxylic acids is 1. The monoisotopic (exact) mass is 431 g/mol. The lowest BCUT2D eigenvalue weighted by Crippen LogP contribution is -2.52. The van der Waals surface area contributed by atoms with E-state index in [9.17, 15) is 4.79 Å². The molecule has 172 valence electrons. The van der Waals surface area contributed by atoms with E-state index in [2.05, 4.69) is 33.4 Å². The maximum atomic E-state index is 11.8. The van der Waals surface area contributed by atoms with Crippen molar-refractivity contribution in [1.82, 2.24) is 20.4 Å². The topological polar surface area (TPSA) is 78.4 Å². The normalized spacial score (nSPS) is 17.4. The SMILES string of the molecule is CCNC(=NCCCC(=O)NC1CC1)N1CCN(Cc2cc(OC)ccc2OC)CC1. The number of hydrogen-bond acceptors (Lipinski definition) is 5. The number of amides is 1. The summed E-state index contributed by atoms with van der Waals surface area (Å²) in [4.78, 5) is 21.3. The van der Waals surface area contributed by atoms with Crippen LogP contribution in [0.25, 0.3) is 0 Å². The zero-order valence-electron chi connectivity index (χ0n) is 19.2. The fourth-order valence-corrected chi connectivity index (χ4v) is 3.74. The maximum Gasteiger partial charge on any atom is 0.220 e. The maximum absolute atomic E-state index is 11.8. The van der Waals surface area contributed by atoms with Crippen LogP contribution in [0.15, 0.2) is 23.2 Å². The van der Waals surface area contributed by atoms with Crippen molar-refractivity contribution in [3.63, 3.8) is 0 Å². The minimum absolute atomic E-state index is 0.157. The lowest BCUT2D eigenvalue weighted by molar-refractivity contribution is -0.121. The second-order valence-corrected chi connectivity index (χ2v) is 8.12. The van der Waals surface area contributed by atoms with E-state index in [4.69, 9.17) is 14.5 Å². The van der Waals surface area contributed by atoms with Crippen LogP contribution >= 0.6 is 0 Å². The first kappa shape index (κ1) is 23.2. The third-order valence-corrected chi connectivity index (χ3v) is 5.65. The Bertz CT molecular complexity index is 743. The quantitative estimate of drug-likeness (QED) is 0.334. The number of guanidine groups is 1. The van der Waals surface area contributed by atoms with Gasteiger partial charge in [-0.1, -0.05) is 0 Å². The van der Waals surface area contributed by atoms with Crippen LogP contribution < -0.4 is 20.1 Å². The largest absolute Gasteiger partial charge is 0.497 e. The van der Waals surface area contributed by atoms with Crippen molar-refractivity contribution in [3.8, 4) is 11.5 Å². The molecule has 1 heterocycles. The first-order valence-electron chi connectivity index (χ1n) is 11.4. The Morgan fingerprint density at radius 1 is 1.16 bits per heavy atom. The molecule has 3 rings (SSSR count). The van der Waals surface area contributed by atoms with E-state index in [0.29, 0.717) is 19.0 Å². The smallest absolute Gasteiger partial charge is 0.220 e. The van der Waals surface area contributed by atoms with Gasteiger partial charge in [-0.2, -0.15) is 0 Å². The molecule has 2 aliphatic rings. The molecular weight excluding hydrogens is 394 g/mol. The predicted octanol–water partition coefficient (Wildman–Crippen LogP) is 1.85. The van der Waals surface area contributed by atoms with Gasteiger partial charge in [0, 0.05) is 63.8 Å². The number of ether oxygens (including phenoxy) is 2. The molecule has 2 fully saturated rings. The Kier molecular flexibility index (Phi) is 8.82. The summed E-state index contributed by atoms with van der Waals surface area (Å²) < 4.78 is 10.9. The van der Waals surface area contributed by atoms with Crippen molar-refractivity contribution in [2.24, 2.45) is 4.99 Å². The Morgan fingerprint density at radius 2 is 1.94 bits per heavy atom. The van der Waals surface area contributed by atoms with Gasteiger partial charge < -0.3 is 25.0 Å². The minimum atomic E-state index is 0.157. The van der Waals surface area contributed by atoms with E-state index in [0.717, 1.165) is 81.6 Å².